The molecule has 2 aromatic heterocycles. The molecule has 23 heavy (non-hydrogen) atoms. The van der Waals surface area contributed by atoms with E-state index in [1.54, 1.807) is 0 Å². The third-order valence-electron chi connectivity index (χ3n) is 3.31. The summed E-state index contributed by atoms with van der Waals surface area (Å²) < 4.78 is 1.29. The van der Waals surface area contributed by atoms with Crippen molar-refractivity contribution in [3.05, 3.63) is 48.0 Å². The molecular weight excluding hydrogens is 298 g/mol. The van der Waals surface area contributed by atoms with Crippen molar-refractivity contribution in [1.29, 1.82) is 0 Å². The predicted molar refractivity (Wildman–Crippen MR) is 82.0 cm³/mol. The van der Waals surface area contributed by atoms with E-state index >= 15 is 0 Å². The van der Waals surface area contributed by atoms with Gasteiger partial charge in [-0.1, -0.05) is 12.1 Å². The highest BCUT2D eigenvalue weighted by Gasteiger charge is 2.09. The van der Waals surface area contributed by atoms with Crippen molar-refractivity contribution in [2.75, 3.05) is 6.54 Å². The fourth-order valence-corrected chi connectivity index (χ4v) is 2.21. The van der Waals surface area contributed by atoms with Crippen molar-refractivity contribution in [2.24, 2.45) is 0 Å². The molecule has 0 aliphatic rings. The molecule has 118 valence electrons. The van der Waals surface area contributed by atoms with Gasteiger partial charge in [-0.05, 0) is 12.1 Å². The number of imidazole rings is 1. The standard InChI is InChI=1S/C15H15N5O3/c21-14(9-20-8-10(7-17-20)15(22)23)16-6-5-13-18-11-3-1-2-4-12(11)19-13/h1-4,7-8H,5-6,9H2,(H,16,21)(H,18,19)(H,22,23). The molecule has 0 unspecified atom stereocenters. The molecule has 2 heterocycles. The van der Waals surface area contributed by atoms with Gasteiger partial charge < -0.3 is 15.4 Å². The second-order valence-corrected chi connectivity index (χ2v) is 5.03. The number of benzene rings is 1. The molecule has 3 rings (SSSR count). The Hall–Kier alpha value is -3.16. The van der Waals surface area contributed by atoms with Crippen molar-refractivity contribution >= 4 is 22.9 Å². The number of para-hydroxylation sites is 2. The molecule has 0 saturated heterocycles. The van der Waals surface area contributed by atoms with E-state index < -0.39 is 5.97 Å². The van der Waals surface area contributed by atoms with E-state index in [1.165, 1.54) is 17.1 Å². The Morgan fingerprint density at radius 1 is 1.30 bits per heavy atom. The molecule has 0 aliphatic heterocycles. The monoisotopic (exact) mass is 313 g/mol. The molecule has 1 amide bonds. The fraction of sp³-hybridized carbons (Fsp3) is 0.200. The summed E-state index contributed by atoms with van der Waals surface area (Å²) in [6.45, 7) is 0.416. The van der Waals surface area contributed by atoms with Gasteiger partial charge in [-0.2, -0.15) is 5.10 Å². The van der Waals surface area contributed by atoms with Crippen LogP contribution in [0.25, 0.3) is 11.0 Å². The fourth-order valence-electron chi connectivity index (χ4n) is 2.21. The van der Waals surface area contributed by atoms with Crippen molar-refractivity contribution in [3.63, 3.8) is 0 Å². The lowest BCUT2D eigenvalue weighted by Gasteiger charge is -2.04. The number of amides is 1. The summed E-state index contributed by atoms with van der Waals surface area (Å²) >= 11 is 0. The van der Waals surface area contributed by atoms with Gasteiger partial charge in [0.2, 0.25) is 5.91 Å². The van der Waals surface area contributed by atoms with Crippen molar-refractivity contribution < 1.29 is 14.7 Å². The maximum atomic E-state index is 11.8. The first-order valence-electron chi connectivity index (χ1n) is 7.08. The minimum absolute atomic E-state index is 0.0204. The summed E-state index contributed by atoms with van der Waals surface area (Å²) in [5, 5.41) is 15.4. The van der Waals surface area contributed by atoms with Gasteiger partial charge in [0.1, 0.15) is 12.4 Å². The molecule has 0 saturated carbocycles. The first kappa shape index (κ1) is 14.8. The SMILES string of the molecule is O=C(Cn1cc(C(=O)O)cn1)NCCc1nc2ccccc2[nH]1. The number of aromatic amines is 1. The molecule has 0 fully saturated rings. The molecule has 0 spiro atoms. The number of nitrogens with zero attached hydrogens (tertiary/aromatic N) is 3. The van der Waals surface area contributed by atoms with Gasteiger partial charge in [-0.15, -0.1) is 0 Å². The summed E-state index contributed by atoms with van der Waals surface area (Å²) in [7, 11) is 0. The number of carbonyl (C=O) groups excluding carboxylic acids is 1. The summed E-state index contributed by atoms with van der Waals surface area (Å²) in [4.78, 5) is 30.2. The molecule has 3 N–H and O–H groups in total. The van der Waals surface area contributed by atoms with Crippen LogP contribution in [-0.4, -0.2) is 43.3 Å². The molecule has 0 radical (unpaired) electrons. The van der Waals surface area contributed by atoms with Gasteiger partial charge in [0, 0.05) is 19.2 Å². The van der Waals surface area contributed by atoms with Gasteiger partial charge in [0.15, 0.2) is 0 Å². The van der Waals surface area contributed by atoms with Crippen molar-refractivity contribution in [2.45, 2.75) is 13.0 Å². The van der Waals surface area contributed by atoms with Crippen LogP contribution in [0.15, 0.2) is 36.7 Å². The van der Waals surface area contributed by atoms with E-state index in [0.29, 0.717) is 13.0 Å². The van der Waals surface area contributed by atoms with Gasteiger partial charge in [-0.3, -0.25) is 9.48 Å². The number of aromatic carboxylic acids is 1. The zero-order valence-corrected chi connectivity index (χ0v) is 12.2. The lowest BCUT2D eigenvalue weighted by Crippen LogP contribution is -2.29. The maximum absolute atomic E-state index is 11.8. The summed E-state index contributed by atoms with van der Waals surface area (Å²) in [5.74, 6) is -0.499. The minimum atomic E-state index is -1.07. The van der Waals surface area contributed by atoms with Gasteiger partial charge in [-0.25, -0.2) is 9.78 Å². The van der Waals surface area contributed by atoms with E-state index in [-0.39, 0.29) is 18.0 Å². The molecule has 1 aromatic carbocycles. The first-order valence-corrected chi connectivity index (χ1v) is 7.08. The quantitative estimate of drug-likeness (QED) is 0.623. The van der Waals surface area contributed by atoms with Crippen LogP contribution in [0.1, 0.15) is 16.2 Å². The van der Waals surface area contributed by atoms with Gasteiger partial charge >= 0.3 is 5.97 Å². The number of fused-ring (bicyclic) bond motifs is 1. The molecule has 0 aliphatic carbocycles. The maximum Gasteiger partial charge on any atom is 0.338 e. The van der Waals surface area contributed by atoms with E-state index in [2.05, 4.69) is 20.4 Å². The van der Waals surface area contributed by atoms with Crippen LogP contribution >= 0.6 is 0 Å². The predicted octanol–water partition coefficient (Wildman–Crippen LogP) is 0.816. The molecular formula is C15H15N5O3. The Kier molecular flexibility index (Phi) is 4.05. The number of aromatic nitrogens is 4. The minimum Gasteiger partial charge on any atom is -0.478 e. The van der Waals surface area contributed by atoms with Crippen LogP contribution < -0.4 is 5.32 Å². The van der Waals surface area contributed by atoms with Crippen LogP contribution in [0.5, 0.6) is 0 Å². The Morgan fingerprint density at radius 3 is 2.87 bits per heavy atom. The average Bonchev–Trinajstić information content (AvgIpc) is 3.13. The van der Waals surface area contributed by atoms with Crippen LogP contribution in [0.4, 0.5) is 0 Å². The number of hydrogen-bond acceptors (Lipinski definition) is 4. The summed E-state index contributed by atoms with van der Waals surface area (Å²) in [5.41, 5.74) is 1.92. The molecule has 0 atom stereocenters. The topological polar surface area (TPSA) is 113 Å². The second-order valence-electron chi connectivity index (χ2n) is 5.03. The third kappa shape index (κ3) is 3.54. The normalized spacial score (nSPS) is 10.8. The number of rotatable bonds is 6. The van der Waals surface area contributed by atoms with Crippen molar-refractivity contribution in [1.82, 2.24) is 25.1 Å². The largest absolute Gasteiger partial charge is 0.478 e. The smallest absolute Gasteiger partial charge is 0.338 e. The highest BCUT2D eigenvalue weighted by Crippen LogP contribution is 2.10. The number of carboxylic acid groups (broad SMARTS) is 1. The van der Waals surface area contributed by atoms with Gasteiger partial charge in [0.05, 0.1) is 22.8 Å². The lowest BCUT2D eigenvalue weighted by atomic mass is 10.3. The zero-order valence-electron chi connectivity index (χ0n) is 12.2. The van der Waals surface area contributed by atoms with Crippen LogP contribution in [0.3, 0.4) is 0 Å². The van der Waals surface area contributed by atoms with Crippen molar-refractivity contribution in [3.8, 4) is 0 Å². The molecule has 8 heteroatoms. The average molecular weight is 313 g/mol. The highest BCUT2D eigenvalue weighted by atomic mass is 16.4. The number of H-pyrrole nitrogens is 1. The number of carbonyl (C=O) groups is 2. The number of hydrogen-bond donors (Lipinski definition) is 3. The van der Waals surface area contributed by atoms with E-state index in [9.17, 15) is 9.59 Å². The first-order chi connectivity index (χ1) is 11.1. The van der Waals surface area contributed by atoms with Crippen LogP contribution in [-0.2, 0) is 17.8 Å². The Balaban J connectivity index is 1.49. The molecule has 0 bridgehead atoms. The zero-order chi connectivity index (χ0) is 16.2. The van der Waals surface area contributed by atoms with E-state index in [1.807, 2.05) is 24.3 Å². The lowest BCUT2D eigenvalue weighted by molar-refractivity contribution is -0.121. The van der Waals surface area contributed by atoms with Crippen LogP contribution in [0, 0.1) is 0 Å². The Morgan fingerprint density at radius 2 is 2.13 bits per heavy atom. The summed E-state index contributed by atoms with van der Waals surface area (Å²) in [6, 6.07) is 7.72. The Bertz CT molecular complexity index is 819. The summed E-state index contributed by atoms with van der Waals surface area (Å²) in [6.07, 6.45) is 3.12. The third-order valence-corrected chi connectivity index (χ3v) is 3.31. The second kappa shape index (κ2) is 6.30. The number of carboxylic acids is 1. The van der Waals surface area contributed by atoms with E-state index in [4.69, 9.17) is 5.11 Å². The highest BCUT2D eigenvalue weighted by molar-refractivity contribution is 5.87. The molecule has 8 nitrogen and oxygen atoms in total. The number of nitrogens with one attached hydrogen (secondary N) is 2. The molecule has 3 aromatic rings. The van der Waals surface area contributed by atoms with Crippen LogP contribution in [0.2, 0.25) is 0 Å². The Labute approximate surface area is 131 Å². The van der Waals surface area contributed by atoms with Gasteiger partial charge in [0.25, 0.3) is 0 Å². The van der Waals surface area contributed by atoms with E-state index in [0.717, 1.165) is 16.9 Å².